The van der Waals surface area contributed by atoms with Gasteiger partial charge >= 0.3 is 0 Å². The second-order valence-electron chi connectivity index (χ2n) is 9.59. The number of carbonyl (C=O) groups is 1. The van der Waals surface area contributed by atoms with Crippen molar-refractivity contribution in [3.8, 4) is 56.2 Å². The van der Waals surface area contributed by atoms with E-state index in [0.29, 0.717) is 11.1 Å². The fourth-order valence-corrected chi connectivity index (χ4v) is 4.70. The number of amides is 1. The topological polar surface area (TPSA) is 58.1 Å². The third-order valence-electron chi connectivity index (χ3n) is 6.96. The lowest BCUT2D eigenvalue weighted by Crippen LogP contribution is -2.15. The van der Waals surface area contributed by atoms with E-state index >= 15 is 0 Å². The Labute approximate surface area is 254 Å². The molecule has 6 rings (SSSR count). The second-order valence-corrected chi connectivity index (χ2v) is 9.59. The van der Waals surface area contributed by atoms with Gasteiger partial charge in [0.25, 0.3) is 0 Å². The van der Waals surface area contributed by atoms with Crippen LogP contribution < -0.4 is 10.2 Å². The van der Waals surface area contributed by atoms with Crippen molar-refractivity contribution >= 4 is 17.8 Å². The lowest BCUT2D eigenvalue weighted by molar-refractivity contribution is -0.107. The molecule has 0 bridgehead atoms. The molecule has 5 heteroatoms. The van der Waals surface area contributed by atoms with Crippen molar-refractivity contribution in [2.75, 3.05) is 24.3 Å². The van der Waals surface area contributed by atoms with Crippen molar-refractivity contribution < 1.29 is 13.0 Å². The Bertz CT molecular complexity index is 2130. The molecule has 0 saturated heterocycles. The fraction of sp³-hybridized carbons (Fsp3) is 0.0541. The van der Waals surface area contributed by atoms with E-state index in [1.54, 1.807) is 14.1 Å². The van der Waals surface area contributed by atoms with Crippen molar-refractivity contribution in [3.05, 3.63) is 133 Å². The van der Waals surface area contributed by atoms with E-state index in [1.165, 1.54) is 4.90 Å². The SMILES string of the molecule is [2H]c1c(-c2ccc(-c3ccccc3)cc2)nc(-c2c([2H])c([2H])c([2H])c([2H])c2[2H])nc1-c1ccc(-c2ccc(N(C)C=O)c(NC)c2)cc1. The second kappa shape index (κ2) is 11.9. The number of hydrogen-bond donors (Lipinski definition) is 1. The molecule has 6 aromatic rings. The quantitative estimate of drug-likeness (QED) is 0.193. The predicted octanol–water partition coefficient (Wildman–Crippen LogP) is 8.45. The van der Waals surface area contributed by atoms with Gasteiger partial charge in [0.05, 0.1) is 31.0 Å². The first-order valence-corrected chi connectivity index (χ1v) is 13.4. The van der Waals surface area contributed by atoms with Gasteiger partial charge in [-0.25, -0.2) is 9.97 Å². The molecule has 0 aliphatic rings. The molecule has 0 radical (unpaired) electrons. The average molecular weight is 553 g/mol. The summed E-state index contributed by atoms with van der Waals surface area (Å²) in [7, 11) is 3.47. The van der Waals surface area contributed by atoms with E-state index in [2.05, 4.69) is 15.3 Å². The van der Waals surface area contributed by atoms with E-state index < -0.39 is 30.2 Å². The predicted molar refractivity (Wildman–Crippen MR) is 173 cm³/mol. The standard InChI is InChI=1S/C37H30N4O/c1-38-35-23-32(21-22-36(35)41(2)25-42)28-15-19-30(20-16-28)34-24-33(39-37(40-34)31-11-7-4-8-12-31)29-17-13-27(14-18-29)26-9-5-3-6-10-26/h3-25,38H,1-2H3/i4D,7D,8D,11D,12D,24D. The Kier molecular flexibility index (Phi) is 5.77. The van der Waals surface area contributed by atoms with Gasteiger partial charge in [-0.3, -0.25) is 4.79 Å². The van der Waals surface area contributed by atoms with Crippen LogP contribution in [0.1, 0.15) is 8.22 Å². The van der Waals surface area contributed by atoms with Gasteiger partial charge < -0.3 is 10.2 Å². The summed E-state index contributed by atoms with van der Waals surface area (Å²) in [6.07, 6.45) is 0.745. The summed E-state index contributed by atoms with van der Waals surface area (Å²) in [6, 6.07) is 28.3. The molecule has 1 N–H and O–H groups in total. The van der Waals surface area contributed by atoms with Gasteiger partial charge in [-0.2, -0.15) is 0 Å². The van der Waals surface area contributed by atoms with Gasteiger partial charge in [-0.1, -0.05) is 115 Å². The molecule has 0 atom stereocenters. The highest BCUT2D eigenvalue weighted by atomic mass is 16.1. The molecular formula is C37H30N4O. The van der Waals surface area contributed by atoms with Gasteiger partial charge in [0, 0.05) is 30.8 Å². The summed E-state index contributed by atoms with van der Waals surface area (Å²) < 4.78 is 50.9. The first-order chi connectivity index (χ1) is 23.1. The van der Waals surface area contributed by atoms with Crippen molar-refractivity contribution in [3.63, 3.8) is 0 Å². The minimum absolute atomic E-state index is 0.0325. The zero-order chi connectivity index (χ0) is 34.1. The molecule has 0 saturated carbocycles. The number of nitrogens with zero attached hydrogens (tertiary/aromatic N) is 3. The molecule has 204 valence electrons. The van der Waals surface area contributed by atoms with Crippen LogP contribution in [-0.2, 0) is 4.79 Å². The maximum Gasteiger partial charge on any atom is 0.213 e. The molecule has 0 aliphatic carbocycles. The molecule has 5 nitrogen and oxygen atoms in total. The van der Waals surface area contributed by atoms with Gasteiger partial charge in [0.15, 0.2) is 5.82 Å². The summed E-state index contributed by atoms with van der Waals surface area (Å²) in [6.45, 7) is 0. The molecule has 42 heavy (non-hydrogen) atoms. The third kappa shape index (κ3) is 5.54. The maximum atomic E-state index is 11.3. The number of carbonyl (C=O) groups excluding carboxylic acids is 1. The van der Waals surface area contributed by atoms with Gasteiger partial charge in [-0.15, -0.1) is 0 Å². The largest absolute Gasteiger partial charge is 0.386 e. The van der Waals surface area contributed by atoms with Gasteiger partial charge in [-0.05, 0) is 40.4 Å². The molecule has 1 heterocycles. The van der Waals surface area contributed by atoms with Crippen LogP contribution in [0.5, 0.6) is 0 Å². The zero-order valence-electron chi connectivity index (χ0n) is 29.1. The van der Waals surface area contributed by atoms with Crippen molar-refractivity contribution in [2.24, 2.45) is 0 Å². The number of aromatic nitrogens is 2. The minimum Gasteiger partial charge on any atom is -0.386 e. The van der Waals surface area contributed by atoms with E-state index in [-0.39, 0.29) is 28.8 Å². The van der Waals surface area contributed by atoms with Gasteiger partial charge in [0.2, 0.25) is 6.41 Å². The fourth-order valence-electron chi connectivity index (χ4n) is 4.70. The van der Waals surface area contributed by atoms with E-state index in [4.69, 9.17) is 6.85 Å². The monoisotopic (exact) mass is 552 g/mol. The summed E-state index contributed by atoms with van der Waals surface area (Å²) in [5.41, 5.74) is 6.90. The normalized spacial score (nSPS) is 12.7. The lowest BCUT2D eigenvalue weighted by Gasteiger charge is -2.17. The van der Waals surface area contributed by atoms with Crippen LogP contribution in [0.3, 0.4) is 0 Å². The molecule has 1 aromatic heterocycles. The number of nitrogens with one attached hydrogen (secondary N) is 1. The van der Waals surface area contributed by atoms with Crippen LogP contribution in [0.4, 0.5) is 11.4 Å². The maximum absolute atomic E-state index is 11.3. The molecule has 0 fully saturated rings. The number of hydrogen-bond acceptors (Lipinski definition) is 4. The van der Waals surface area contributed by atoms with Crippen molar-refractivity contribution in [1.29, 1.82) is 0 Å². The van der Waals surface area contributed by atoms with E-state index in [0.717, 1.165) is 40.0 Å². The van der Waals surface area contributed by atoms with Crippen molar-refractivity contribution in [1.82, 2.24) is 9.97 Å². The molecule has 0 spiro atoms. The van der Waals surface area contributed by atoms with Crippen LogP contribution >= 0.6 is 0 Å². The minimum atomic E-state index is -0.509. The number of anilines is 2. The summed E-state index contributed by atoms with van der Waals surface area (Å²) >= 11 is 0. The Hall–Kier alpha value is -5.55. The first kappa shape index (κ1) is 20.3. The van der Waals surface area contributed by atoms with Crippen LogP contribution in [-0.4, -0.2) is 30.5 Å². The highest BCUT2D eigenvalue weighted by Crippen LogP contribution is 2.33. The highest BCUT2D eigenvalue weighted by Gasteiger charge is 2.12. The van der Waals surface area contributed by atoms with Crippen LogP contribution in [0, 0.1) is 0 Å². The van der Waals surface area contributed by atoms with E-state index in [9.17, 15) is 6.17 Å². The van der Waals surface area contributed by atoms with Crippen molar-refractivity contribution in [2.45, 2.75) is 0 Å². The average Bonchev–Trinajstić information content (AvgIpc) is 3.13. The number of benzene rings is 5. The molecule has 5 aromatic carbocycles. The molecular weight excluding hydrogens is 516 g/mol. The highest BCUT2D eigenvalue weighted by molar-refractivity contribution is 5.86. The van der Waals surface area contributed by atoms with Crippen LogP contribution in [0.25, 0.3) is 56.2 Å². The summed E-state index contributed by atoms with van der Waals surface area (Å²) in [5, 5.41) is 3.13. The Morgan fingerprint density at radius 1 is 0.667 bits per heavy atom. The third-order valence-corrected chi connectivity index (χ3v) is 6.96. The molecule has 0 unspecified atom stereocenters. The summed E-state index contributed by atoms with van der Waals surface area (Å²) in [4.78, 5) is 22.1. The Morgan fingerprint density at radius 2 is 1.19 bits per heavy atom. The van der Waals surface area contributed by atoms with E-state index in [1.807, 2.05) is 97.1 Å². The number of rotatable bonds is 8. The first-order valence-electron chi connectivity index (χ1n) is 16.4. The molecule has 0 aliphatic heterocycles. The molecule has 1 amide bonds. The smallest absolute Gasteiger partial charge is 0.213 e. The Morgan fingerprint density at radius 3 is 1.76 bits per heavy atom. The Balaban J connectivity index is 1.49. The lowest BCUT2D eigenvalue weighted by atomic mass is 10.00. The van der Waals surface area contributed by atoms with Crippen LogP contribution in [0.2, 0.25) is 0 Å². The summed E-state index contributed by atoms with van der Waals surface area (Å²) in [5.74, 6) is -0.0715. The zero-order valence-corrected chi connectivity index (χ0v) is 23.1. The van der Waals surface area contributed by atoms with Crippen LogP contribution in [0.15, 0.2) is 133 Å². The van der Waals surface area contributed by atoms with Gasteiger partial charge in [0.1, 0.15) is 0 Å².